The van der Waals surface area contributed by atoms with Gasteiger partial charge in [-0.15, -0.1) is 0 Å². The Morgan fingerprint density at radius 1 is 1.07 bits per heavy atom. The fourth-order valence-corrected chi connectivity index (χ4v) is 3.20. The predicted octanol–water partition coefficient (Wildman–Crippen LogP) is 5.32. The Bertz CT molecular complexity index is 1190. The van der Waals surface area contributed by atoms with Gasteiger partial charge in [0.2, 0.25) is 5.88 Å². The molecule has 7 nitrogen and oxygen atoms in total. The molecule has 30 heavy (non-hydrogen) atoms. The summed E-state index contributed by atoms with van der Waals surface area (Å²) in [6.07, 6.45) is 5.11. The van der Waals surface area contributed by atoms with E-state index >= 15 is 0 Å². The number of hydrogen-bond acceptors (Lipinski definition) is 5. The molecule has 4 aromatic rings. The Hall–Kier alpha value is -3.42. The van der Waals surface area contributed by atoms with Gasteiger partial charge in [0.1, 0.15) is 23.7 Å². The van der Waals surface area contributed by atoms with Crippen LogP contribution in [-0.4, -0.2) is 25.4 Å². The lowest BCUT2D eigenvalue weighted by Gasteiger charge is -2.10. The molecule has 1 amide bonds. The van der Waals surface area contributed by atoms with Gasteiger partial charge >= 0.3 is 0 Å². The maximum atomic E-state index is 12.4. The Labute approximate surface area is 182 Å². The summed E-state index contributed by atoms with van der Waals surface area (Å²) in [5.74, 6) is 1.85. The van der Waals surface area contributed by atoms with Gasteiger partial charge in [0.05, 0.1) is 10.6 Å². The molecule has 0 unspecified atom stereocenters. The second kappa shape index (κ2) is 8.52. The van der Waals surface area contributed by atoms with Gasteiger partial charge in [0, 0.05) is 29.2 Å². The molecule has 0 saturated heterocycles. The number of imidazole rings is 1. The first kappa shape index (κ1) is 19.9. The van der Waals surface area contributed by atoms with Crippen LogP contribution in [0.3, 0.4) is 0 Å². The highest BCUT2D eigenvalue weighted by Crippen LogP contribution is 2.25. The van der Waals surface area contributed by atoms with Crippen molar-refractivity contribution in [3.05, 3.63) is 88.7 Å². The van der Waals surface area contributed by atoms with Gasteiger partial charge in [-0.2, -0.15) is 4.98 Å². The van der Waals surface area contributed by atoms with Crippen molar-refractivity contribution in [1.82, 2.24) is 19.5 Å². The Morgan fingerprint density at radius 3 is 2.57 bits per heavy atom. The van der Waals surface area contributed by atoms with Crippen LogP contribution in [-0.2, 0) is 0 Å². The first-order chi connectivity index (χ1) is 14.5. The van der Waals surface area contributed by atoms with E-state index < -0.39 is 0 Å². The number of aryl methyl sites for hydroxylation is 1. The van der Waals surface area contributed by atoms with Crippen molar-refractivity contribution in [1.29, 1.82) is 0 Å². The molecule has 9 heteroatoms. The molecule has 1 N–H and O–H groups in total. The number of hydrogen-bond donors (Lipinski definition) is 1. The normalized spacial score (nSPS) is 10.6. The SMILES string of the molecule is Cc1nc(Oc2ccc(NC(=O)c3ccc(Cl)cc3Cl)cc2)cc(-n2ccnc2)n1. The molecule has 2 aromatic carbocycles. The zero-order valence-electron chi connectivity index (χ0n) is 15.7. The number of amides is 1. The highest BCUT2D eigenvalue weighted by molar-refractivity contribution is 6.37. The molecule has 0 spiro atoms. The first-order valence-corrected chi connectivity index (χ1v) is 9.62. The predicted molar refractivity (Wildman–Crippen MR) is 115 cm³/mol. The zero-order chi connectivity index (χ0) is 21.1. The van der Waals surface area contributed by atoms with E-state index in [4.69, 9.17) is 27.9 Å². The van der Waals surface area contributed by atoms with Crippen LogP contribution in [0.1, 0.15) is 16.2 Å². The molecular formula is C21H15Cl2N5O2. The minimum Gasteiger partial charge on any atom is -0.439 e. The van der Waals surface area contributed by atoms with E-state index in [2.05, 4.69) is 20.3 Å². The van der Waals surface area contributed by atoms with Crippen LogP contribution in [0.2, 0.25) is 10.0 Å². The molecule has 2 aromatic heterocycles. The van der Waals surface area contributed by atoms with E-state index in [0.717, 1.165) is 0 Å². The van der Waals surface area contributed by atoms with Gasteiger partial charge in [-0.25, -0.2) is 9.97 Å². The van der Waals surface area contributed by atoms with Crippen LogP contribution in [0.25, 0.3) is 5.82 Å². The number of aromatic nitrogens is 4. The van der Waals surface area contributed by atoms with Crippen LogP contribution in [0.4, 0.5) is 5.69 Å². The van der Waals surface area contributed by atoms with Gasteiger partial charge in [0.25, 0.3) is 5.91 Å². The maximum absolute atomic E-state index is 12.4. The Balaban J connectivity index is 1.47. The average Bonchev–Trinajstić information content (AvgIpc) is 3.24. The lowest BCUT2D eigenvalue weighted by atomic mass is 10.2. The first-order valence-electron chi connectivity index (χ1n) is 8.86. The number of anilines is 1. The minimum atomic E-state index is -0.332. The molecule has 0 saturated carbocycles. The number of carbonyl (C=O) groups excluding carboxylic acids is 1. The molecule has 0 atom stereocenters. The Morgan fingerprint density at radius 2 is 1.87 bits per heavy atom. The maximum Gasteiger partial charge on any atom is 0.257 e. The van der Waals surface area contributed by atoms with Crippen LogP contribution in [0.15, 0.2) is 67.3 Å². The summed E-state index contributed by atoms with van der Waals surface area (Å²) in [6.45, 7) is 1.79. The topological polar surface area (TPSA) is 81.9 Å². The summed E-state index contributed by atoms with van der Waals surface area (Å²) in [5.41, 5.74) is 0.932. The van der Waals surface area contributed by atoms with E-state index in [1.165, 1.54) is 6.07 Å². The molecule has 0 fully saturated rings. The minimum absolute atomic E-state index is 0.285. The molecule has 0 aliphatic rings. The highest BCUT2D eigenvalue weighted by atomic mass is 35.5. The quantitative estimate of drug-likeness (QED) is 0.454. The second-order valence-electron chi connectivity index (χ2n) is 6.29. The van der Waals surface area contributed by atoms with Crippen molar-refractivity contribution in [2.45, 2.75) is 6.92 Å². The van der Waals surface area contributed by atoms with E-state index in [-0.39, 0.29) is 10.9 Å². The summed E-state index contributed by atoms with van der Waals surface area (Å²) in [5, 5.41) is 3.54. The van der Waals surface area contributed by atoms with Gasteiger partial charge in [-0.1, -0.05) is 23.2 Å². The molecule has 2 heterocycles. The molecule has 0 aliphatic heterocycles. The number of halogens is 2. The number of benzene rings is 2. The van der Waals surface area contributed by atoms with Gasteiger partial charge < -0.3 is 10.1 Å². The smallest absolute Gasteiger partial charge is 0.257 e. The van der Waals surface area contributed by atoms with Crippen molar-refractivity contribution in [3.8, 4) is 17.4 Å². The Kier molecular flexibility index (Phi) is 5.65. The van der Waals surface area contributed by atoms with Gasteiger partial charge in [-0.3, -0.25) is 9.36 Å². The molecule has 0 bridgehead atoms. The van der Waals surface area contributed by atoms with E-state index in [1.807, 2.05) is 0 Å². The summed E-state index contributed by atoms with van der Waals surface area (Å²) in [6, 6.07) is 13.3. The third-order valence-electron chi connectivity index (χ3n) is 4.08. The van der Waals surface area contributed by atoms with Gasteiger partial charge in [0.15, 0.2) is 0 Å². The van der Waals surface area contributed by atoms with Crippen LogP contribution < -0.4 is 10.1 Å². The van der Waals surface area contributed by atoms with E-state index in [1.54, 1.807) is 72.7 Å². The molecular weight excluding hydrogens is 425 g/mol. The third kappa shape index (κ3) is 4.59. The fourth-order valence-electron chi connectivity index (χ4n) is 2.70. The largest absolute Gasteiger partial charge is 0.439 e. The lowest BCUT2D eigenvalue weighted by Crippen LogP contribution is -2.12. The van der Waals surface area contributed by atoms with Crippen LogP contribution in [0.5, 0.6) is 11.6 Å². The molecule has 0 radical (unpaired) electrons. The zero-order valence-corrected chi connectivity index (χ0v) is 17.2. The fraction of sp³-hybridized carbons (Fsp3) is 0.0476. The lowest BCUT2D eigenvalue weighted by molar-refractivity contribution is 0.102. The number of rotatable bonds is 5. The molecule has 150 valence electrons. The van der Waals surface area contributed by atoms with Crippen LogP contribution >= 0.6 is 23.2 Å². The van der Waals surface area contributed by atoms with E-state index in [9.17, 15) is 4.79 Å². The number of carbonyl (C=O) groups is 1. The summed E-state index contributed by atoms with van der Waals surface area (Å²) < 4.78 is 7.61. The van der Waals surface area contributed by atoms with E-state index in [0.29, 0.717) is 39.5 Å². The van der Waals surface area contributed by atoms with Crippen molar-refractivity contribution in [2.75, 3.05) is 5.32 Å². The second-order valence-corrected chi connectivity index (χ2v) is 7.13. The number of ether oxygens (including phenoxy) is 1. The highest BCUT2D eigenvalue weighted by Gasteiger charge is 2.11. The average molecular weight is 440 g/mol. The van der Waals surface area contributed by atoms with Crippen molar-refractivity contribution >= 4 is 34.8 Å². The molecule has 0 aliphatic carbocycles. The summed E-state index contributed by atoms with van der Waals surface area (Å²) in [7, 11) is 0. The van der Waals surface area contributed by atoms with Gasteiger partial charge in [-0.05, 0) is 49.4 Å². The standard InChI is InChI=1S/C21H15Cl2N5O2/c1-13-25-19(28-9-8-24-12-28)11-20(26-13)30-16-5-3-15(4-6-16)27-21(29)17-7-2-14(22)10-18(17)23/h2-12H,1H3,(H,27,29). The van der Waals surface area contributed by atoms with Crippen molar-refractivity contribution in [3.63, 3.8) is 0 Å². The monoisotopic (exact) mass is 439 g/mol. The number of nitrogens with zero attached hydrogens (tertiary/aromatic N) is 4. The third-order valence-corrected chi connectivity index (χ3v) is 4.63. The number of nitrogens with one attached hydrogen (secondary N) is 1. The van der Waals surface area contributed by atoms with Crippen molar-refractivity contribution in [2.24, 2.45) is 0 Å². The van der Waals surface area contributed by atoms with Crippen molar-refractivity contribution < 1.29 is 9.53 Å². The molecule has 4 rings (SSSR count). The summed E-state index contributed by atoms with van der Waals surface area (Å²) in [4.78, 5) is 25.1. The summed E-state index contributed by atoms with van der Waals surface area (Å²) >= 11 is 12.0. The van der Waals surface area contributed by atoms with Crippen LogP contribution in [0, 0.1) is 6.92 Å².